The van der Waals surface area contributed by atoms with Crippen LogP contribution in [0.3, 0.4) is 0 Å². The Balaban J connectivity index is 1.92. The Kier molecular flexibility index (Phi) is 2.88. The molecule has 5 nitrogen and oxygen atoms in total. The molecule has 0 saturated carbocycles. The molecule has 1 aliphatic rings. The lowest BCUT2D eigenvalue weighted by Gasteiger charge is -2.14. The van der Waals surface area contributed by atoms with Crippen LogP contribution in [-0.2, 0) is 11.2 Å². The molecule has 1 aliphatic heterocycles. The highest BCUT2D eigenvalue weighted by atomic mass is 32.1. The van der Waals surface area contributed by atoms with Crippen LogP contribution >= 0.6 is 11.3 Å². The van der Waals surface area contributed by atoms with Gasteiger partial charge in [-0.3, -0.25) is 4.79 Å². The number of rotatable bonds is 2. The van der Waals surface area contributed by atoms with Crippen molar-refractivity contribution in [2.45, 2.75) is 18.9 Å². The minimum absolute atomic E-state index is 0.0110. The van der Waals surface area contributed by atoms with Crippen molar-refractivity contribution in [2.75, 3.05) is 18.8 Å². The number of hydrogen-bond acceptors (Lipinski definition) is 5. The average Bonchev–Trinajstić information content (AvgIpc) is 2.75. The van der Waals surface area contributed by atoms with Gasteiger partial charge in [0.15, 0.2) is 5.13 Å². The summed E-state index contributed by atoms with van der Waals surface area (Å²) in [7, 11) is 0. The summed E-state index contributed by atoms with van der Waals surface area (Å²) in [6, 6.07) is 0. The van der Waals surface area contributed by atoms with Crippen LogP contribution in [0.4, 0.5) is 5.13 Å². The number of likely N-dealkylation sites (tertiary alicyclic amines) is 1. The summed E-state index contributed by atoms with van der Waals surface area (Å²) < 4.78 is 0. The van der Waals surface area contributed by atoms with Crippen LogP contribution in [0.5, 0.6) is 0 Å². The van der Waals surface area contributed by atoms with E-state index in [1.807, 2.05) is 0 Å². The largest absolute Gasteiger partial charge is 0.391 e. The first-order chi connectivity index (χ1) is 7.15. The molecule has 15 heavy (non-hydrogen) atoms. The number of nitrogen functional groups attached to an aromatic ring is 1. The van der Waals surface area contributed by atoms with Gasteiger partial charge in [0.25, 0.3) is 0 Å². The van der Waals surface area contributed by atoms with Gasteiger partial charge in [-0.15, -0.1) is 11.3 Å². The number of hydrogen-bond donors (Lipinski definition) is 2. The Bertz CT molecular complexity index is 366. The van der Waals surface area contributed by atoms with E-state index in [0.29, 0.717) is 30.3 Å². The smallest absolute Gasteiger partial charge is 0.228 e. The number of nitrogens with zero attached hydrogens (tertiary/aromatic N) is 2. The number of β-amino-alcohol motifs (C(OH)–C–C–N with tert-alkyl or cyclic N) is 1. The minimum atomic E-state index is -0.366. The van der Waals surface area contributed by atoms with Gasteiger partial charge < -0.3 is 15.7 Å². The Labute approximate surface area is 91.5 Å². The van der Waals surface area contributed by atoms with Crippen molar-refractivity contribution in [1.82, 2.24) is 9.88 Å². The van der Waals surface area contributed by atoms with Gasteiger partial charge in [-0.25, -0.2) is 4.98 Å². The van der Waals surface area contributed by atoms with E-state index in [9.17, 15) is 9.90 Å². The van der Waals surface area contributed by atoms with E-state index >= 15 is 0 Å². The number of carbonyl (C=O) groups excluding carboxylic acids is 1. The summed E-state index contributed by atoms with van der Waals surface area (Å²) in [5, 5.41) is 11.6. The predicted octanol–water partition coefficient (Wildman–Crippen LogP) is -0.139. The summed E-state index contributed by atoms with van der Waals surface area (Å²) in [6.45, 7) is 1.08. The fourth-order valence-corrected chi connectivity index (χ4v) is 2.20. The number of aliphatic hydroxyl groups is 1. The van der Waals surface area contributed by atoms with Gasteiger partial charge in [0, 0.05) is 18.5 Å². The monoisotopic (exact) mass is 227 g/mol. The van der Waals surface area contributed by atoms with Gasteiger partial charge >= 0.3 is 0 Å². The van der Waals surface area contributed by atoms with Gasteiger partial charge in [0.1, 0.15) is 0 Å². The topological polar surface area (TPSA) is 79.5 Å². The maximum absolute atomic E-state index is 11.7. The van der Waals surface area contributed by atoms with Crippen molar-refractivity contribution in [3.8, 4) is 0 Å². The lowest BCUT2D eigenvalue weighted by Crippen LogP contribution is -2.30. The molecule has 1 fully saturated rings. The summed E-state index contributed by atoms with van der Waals surface area (Å²) in [5.41, 5.74) is 6.18. The Morgan fingerprint density at radius 2 is 2.60 bits per heavy atom. The molecule has 0 radical (unpaired) electrons. The number of amides is 1. The molecule has 2 heterocycles. The molecule has 0 aromatic carbocycles. The maximum atomic E-state index is 11.7. The van der Waals surface area contributed by atoms with Crippen LogP contribution < -0.4 is 5.73 Å². The van der Waals surface area contributed by atoms with Gasteiger partial charge in [0.05, 0.1) is 18.2 Å². The number of carbonyl (C=O) groups is 1. The normalized spacial score (nSPS) is 20.9. The van der Waals surface area contributed by atoms with Crippen LogP contribution in [-0.4, -0.2) is 40.1 Å². The van der Waals surface area contributed by atoms with E-state index in [4.69, 9.17) is 5.73 Å². The zero-order valence-corrected chi connectivity index (χ0v) is 9.04. The van der Waals surface area contributed by atoms with Crippen molar-refractivity contribution in [3.05, 3.63) is 11.1 Å². The third-order valence-corrected chi connectivity index (χ3v) is 3.14. The van der Waals surface area contributed by atoms with Gasteiger partial charge in [0.2, 0.25) is 5.91 Å². The first-order valence-corrected chi connectivity index (χ1v) is 5.69. The molecule has 2 rings (SSSR count). The van der Waals surface area contributed by atoms with E-state index in [2.05, 4.69) is 4.98 Å². The SMILES string of the molecule is Nc1nc(CC(=O)N2CCC(O)C2)cs1. The minimum Gasteiger partial charge on any atom is -0.391 e. The number of anilines is 1. The van der Waals surface area contributed by atoms with E-state index in [1.54, 1.807) is 10.3 Å². The standard InChI is InChI=1S/C9H13N3O2S/c10-9-11-6(5-15-9)3-8(14)12-2-1-7(13)4-12/h5,7,13H,1-4H2,(H2,10,11). The molecule has 1 unspecified atom stereocenters. The summed E-state index contributed by atoms with van der Waals surface area (Å²) in [6.07, 6.45) is 0.584. The van der Waals surface area contributed by atoms with Gasteiger partial charge in [-0.1, -0.05) is 0 Å². The fraction of sp³-hybridized carbons (Fsp3) is 0.556. The quantitative estimate of drug-likeness (QED) is 0.737. The molecule has 3 N–H and O–H groups in total. The molecular weight excluding hydrogens is 214 g/mol. The third-order valence-electron chi connectivity index (χ3n) is 2.42. The summed E-state index contributed by atoms with van der Waals surface area (Å²) in [4.78, 5) is 17.4. The number of aromatic nitrogens is 1. The third kappa shape index (κ3) is 2.45. The van der Waals surface area contributed by atoms with Crippen LogP contribution in [0.1, 0.15) is 12.1 Å². The van der Waals surface area contributed by atoms with Crippen molar-refractivity contribution in [1.29, 1.82) is 0 Å². The Morgan fingerprint density at radius 1 is 1.80 bits per heavy atom. The second-order valence-corrected chi connectivity index (χ2v) is 4.53. The number of nitrogens with two attached hydrogens (primary N) is 1. The molecule has 0 spiro atoms. The highest BCUT2D eigenvalue weighted by Crippen LogP contribution is 2.14. The molecule has 0 bridgehead atoms. The summed E-state index contributed by atoms with van der Waals surface area (Å²) in [5.74, 6) is 0.0110. The van der Waals surface area contributed by atoms with E-state index in [0.717, 1.165) is 0 Å². The maximum Gasteiger partial charge on any atom is 0.228 e. The van der Waals surface area contributed by atoms with E-state index in [1.165, 1.54) is 11.3 Å². The fourth-order valence-electron chi connectivity index (χ4n) is 1.64. The van der Waals surface area contributed by atoms with Gasteiger partial charge in [-0.2, -0.15) is 0 Å². The molecule has 6 heteroatoms. The molecule has 1 amide bonds. The first kappa shape index (κ1) is 10.4. The number of thiazole rings is 1. The first-order valence-electron chi connectivity index (χ1n) is 4.81. The van der Waals surface area contributed by atoms with Crippen molar-refractivity contribution in [2.24, 2.45) is 0 Å². The molecular formula is C9H13N3O2S. The highest BCUT2D eigenvalue weighted by molar-refractivity contribution is 7.13. The molecule has 0 aliphatic carbocycles. The van der Waals surface area contributed by atoms with Crippen LogP contribution in [0.25, 0.3) is 0 Å². The van der Waals surface area contributed by atoms with E-state index in [-0.39, 0.29) is 18.4 Å². The lowest BCUT2D eigenvalue weighted by atomic mass is 10.3. The highest BCUT2D eigenvalue weighted by Gasteiger charge is 2.24. The Hall–Kier alpha value is -1.14. The average molecular weight is 227 g/mol. The van der Waals surface area contributed by atoms with Crippen LogP contribution in [0, 0.1) is 0 Å². The molecule has 1 aromatic rings. The zero-order chi connectivity index (χ0) is 10.8. The van der Waals surface area contributed by atoms with Gasteiger partial charge in [-0.05, 0) is 6.42 Å². The molecule has 1 saturated heterocycles. The predicted molar refractivity (Wildman–Crippen MR) is 57.4 cm³/mol. The van der Waals surface area contributed by atoms with Crippen molar-refractivity contribution < 1.29 is 9.90 Å². The lowest BCUT2D eigenvalue weighted by molar-refractivity contribution is -0.129. The number of aliphatic hydroxyl groups excluding tert-OH is 1. The second kappa shape index (κ2) is 4.16. The zero-order valence-electron chi connectivity index (χ0n) is 8.22. The van der Waals surface area contributed by atoms with Crippen LogP contribution in [0.2, 0.25) is 0 Å². The molecule has 82 valence electrons. The molecule has 1 aromatic heterocycles. The second-order valence-electron chi connectivity index (χ2n) is 3.64. The van der Waals surface area contributed by atoms with Crippen molar-refractivity contribution in [3.63, 3.8) is 0 Å². The molecule has 1 atom stereocenters. The summed E-state index contributed by atoms with van der Waals surface area (Å²) >= 11 is 1.34. The van der Waals surface area contributed by atoms with E-state index < -0.39 is 0 Å². The Morgan fingerprint density at radius 3 is 3.13 bits per heavy atom. The van der Waals surface area contributed by atoms with Crippen molar-refractivity contribution >= 4 is 22.4 Å². The van der Waals surface area contributed by atoms with Crippen LogP contribution in [0.15, 0.2) is 5.38 Å².